The molecule has 2 aliphatic rings. The zero-order valence-electron chi connectivity index (χ0n) is 35.1. The number of fused-ring (bicyclic) bond motifs is 2. The van der Waals surface area contributed by atoms with Gasteiger partial charge in [0.1, 0.15) is 125 Å². The van der Waals surface area contributed by atoms with E-state index in [9.17, 15) is 80.5 Å². The van der Waals surface area contributed by atoms with Gasteiger partial charge < -0.3 is 98.5 Å². The van der Waals surface area contributed by atoms with Crippen LogP contribution in [0.1, 0.15) is 6.42 Å². The molecule has 0 aliphatic carbocycles. The van der Waals surface area contributed by atoms with Crippen LogP contribution in [0.5, 0.6) is 46.0 Å². The molecule has 10 unspecified atom stereocenters. The molecule has 0 spiro atoms. The van der Waals surface area contributed by atoms with E-state index in [0.717, 1.165) is 60.7 Å². The van der Waals surface area contributed by atoms with Crippen LogP contribution in [-0.4, -0.2) is 148 Å². The van der Waals surface area contributed by atoms with E-state index in [0.29, 0.717) is 0 Å². The lowest BCUT2D eigenvalue weighted by Gasteiger charge is -2.40. The highest BCUT2D eigenvalue weighted by atomic mass is 16.7. The first kappa shape index (κ1) is 47.8. The molecule has 0 bridgehead atoms. The number of carbonyl (C=O) groups is 2. The monoisotopic (exact) mass is 964 g/mol. The summed E-state index contributed by atoms with van der Waals surface area (Å²) in [7, 11) is 0. The number of rotatable bonds is 12. The number of phenolic OH excluding ortho intramolecular Hbond substituents is 6. The maximum absolute atomic E-state index is 13.3. The largest absolute Gasteiger partial charge is 0.508 e. The van der Waals surface area contributed by atoms with Gasteiger partial charge in [0.25, 0.3) is 0 Å². The molecule has 8 rings (SSSR count). The number of hydrogen-bond acceptors (Lipinski definition) is 24. The Morgan fingerprint density at radius 2 is 0.870 bits per heavy atom. The minimum atomic E-state index is -2.00. The minimum absolute atomic E-state index is 0.0825. The third kappa shape index (κ3) is 9.85. The molecule has 12 N–H and O–H groups in total. The van der Waals surface area contributed by atoms with E-state index >= 15 is 0 Å². The molecule has 24 nitrogen and oxygen atoms in total. The quantitative estimate of drug-likeness (QED) is 0.0437. The molecule has 2 saturated heterocycles. The summed E-state index contributed by atoms with van der Waals surface area (Å²) >= 11 is 0. The van der Waals surface area contributed by atoms with Gasteiger partial charge in [-0.3, -0.25) is 19.2 Å². The molecule has 0 amide bonds. The molecule has 24 heteroatoms. The molecule has 4 heterocycles. The number of phenols is 6. The van der Waals surface area contributed by atoms with Crippen LogP contribution in [-0.2, 0) is 28.5 Å². The van der Waals surface area contributed by atoms with Gasteiger partial charge in [0.15, 0.2) is 33.9 Å². The second-order valence-corrected chi connectivity index (χ2v) is 15.8. The predicted octanol–water partition coefficient (Wildman–Crippen LogP) is 0.0165. The van der Waals surface area contributed by atoms with Crippen LogP contribution in [0.3, 0.4) is 0 Å². The lowest BCUT2D eigenvalue weighted by molar-refractivity contribution is -0.279. The van der Waals surface area contributed by atoms with E-state index in [-0.39, 0.29) is 44.6 Å². The topological polar surface area (TPSA) is 393 Å². The third-order valence-electron chi connectivity index (χ3n) is 11.0. The van der Waals surface area contributed by atoms with Crippen molar-refractivity contribution in [1.29, 1.82) is 0 Å². The summed E-state index contributed by atoms with van der Waals surface area (Å²) in [6.45, 7) is -1.72. The zero-order valence-corrected chi connectivity index (χ0v) is 35.1. The third-order valence-corrected chi connectivity index (χ3v) is 11.0. The molecular weight excluding hydrogens is 924 g/mol. The van der Waals surface area contributed by atoms with Gasteiger partial charge in [-0.15, -0.1) is 0 Å². The highest BCUT2D eigenvalue weighted by Crippen LogP contribution is 2.38. The summed E-state index contributed by atoms with van der Waals surface area (Å²) < 4.78 is 44.1. The highest BCUT2D eigenvalue weighted by Gasteiger charge is 2.47. The van der Waals surface area contributed by atoms with Gasteiger partial charge in [-0.25, -0.2) is 0 Å². The van der Waals surface area contributed by atoms with Gasteiger partial charge >= 0.3 is 11.9 Å². The van der Waals surface area contributed by atoms with Gasteiger partial charge in [0.05, 0.1) is 0 Å². The summed E-state index contributed by atoms with van der Waals surface area (Å²) in [6, 6.07) is 13.3. The molecule has 69 heavy (non-hydrogen) atoms. The first-order valence-electron chi connectivity index (χ1n) is 20.5. The summed E-state index contributed by atoms with van der Waals surface area (Å²) in [6.07, 6.45) is -20.0. The number of hydrogen-bond donors (Lipinski definition) is 12. The molecule has 0 saturated carbocycles. The first-order valence-corrected chi connectivity index (χ1v) is 20.5. The van der Waals surface area contributed by atoms with Crippen molar-refractivity contribution in [3.63, 3.8) is 0 Å². The van der Waals surface area contributed by atoms with E-state index in [1.165, 1.54) is 12.1 Å². The fourth-order valence-corrected chi connectivity index (χ4v) is 7.42. The van der Waals surface area contributed by atoms with Gasteiger partial charge in [0, 0.05) is 47.5 Å². The van der Waals surface area contributed by atoms with Crippen LogP contribution >= 0.6 is 0 Å². The van der Waals surface area contributed by atoms with Crippen molar-refractivity contribution >= 4 is 33.9 Å². The lowest BCUT2D eigenvalue weighted by atomic mass is 9.99. The van der Waals surface area contributed by atoms with Crippen LogP contribution in [0.15, 0.2) is 91.2 Å². The minimum Gasteiger partial charge on any atom is -0.508 e. The number of aliphatic hydroxyl groups excluding tert-OH is 6. The Labute approximate surface area is 384 Å². The average Bonchev–Trinajstić information content (AvgIpc) is 3.29. The molecule has 6 aromatic rings. The average molecular weight is 965 g/mol. The Morgan fingerprint density at radius 1 is 0.478 bits per heavy atom. The normalized spacial score (nSPS) is 24.7. The Balaban J connectivity index is 0.884. The van der Waals surface area contributed by atoms with Crippen molar-refractivity contribution < 1.29 is 108 Å². The van der Waals surface area contributed by atoms with Crippen LogP contribution in [0, 0.1) is 0 Å². The number of aromatic hydroxyl groups is 6. The number of ether oxygens (including phenoxy) is 6. The van der Waals surface area contributed by atoms with Crippen molar-refractivity contribution in [2.24, 2.45) is 0 Å². The molecule has 364 valence electrons. The van der Waals surface area contributed by atoms with Gasteiger partial charge in [-0.2, -0.15) is 0 Å². The van der Waals surface area contributed by atoms with Crippen molar-refractivity contribution in [1.82, 2.24) is 0 Å². The van der Waals surface area contributed by atoms with Crippen molar-refractivity contribution in [3.05, 3.63) is 93.2 Å². The van der Waals surface area contributed by atoms with E-state index in [4.69, 9.17) is 37.3 Å². The van der Waals surface area contributed by atoms with E-state index in [1.54, 1.807) is 0 Å². The number of aliphatic hydroxyl groups is 6. The SMILES string of the molecule is O=C(CC(=O)OCC1OC(Oc2cc(O)cc3oc(-c4ccc(O)c(O)c4)cc(=O)c23)C(O)C(O)C1O)OCC1OC(Oc2cc(O)cc3oc(-c4ccc(O)c(O)c4)cc(=O)c23)C(O)C(O)C1O. The Hall–Kier alpha value is -7.68. The second-order valence-electron chi connectivity index (χ2n) is 15.8. The second kappa shape index (κ2) is 19.1. The maximum atomic E-state index is 13.3. The van der Waals surface area contributed by atoms with Gasteiger partial charge in [0.2, 0.25) is 12.6 Å². The van der Waals surface area contributed by atoms with Crippen molar-refractivity contribution in [2.75, 3.05) is 13.2 Å². The summed E-state index contributed by atoms with van der Waals surface area (Å²) in [5.41, 5.74) is -1.61. The highest BCUT2D eigenvalue weighted by molar-refractivity contribution is 5.91. The molecule has 2 fully saturated rings. The van der Waals surface area contributed by atoms with E-state index in [1.807, 2.05) is 0 Å². The van der Waals surface area contributed by atoms with Crippen LogP contribution in [0.4, 0.5) is 0 Å². The van der Waals surface area contributed by atoms with Crippen LogP contribution in [0.2, 0.25) is 0 Å². The smallest absolute Gasteiger partial charge is 0.317 e. The fourth-order valence-electron chi connectivity index (χ4n) is 7.42. The van der Waals surface area contributed by atoms with Crippen LogP contribution < -0.4 is 20.3 Å². The predicted molar refractivity (Wildman–Crippen MR) is 227 cm³/mol. The van der Waals surface area contributed by atoms with E-state index < -0.39 is 150 Å². The number of carbonyl (C=O) groups excluding carboxylic acids is 2. The van der Waals surface area contributed by atoms with Crippen molar-refractivity contribution in [2.45, 2.75) is 67.8 Å². The molecule has 4 aromatic carbocycles. The van der Waals surface area contributed by atoms with Crippen LogP contribution in [0.25, 0.3) is 44.6 Å². The number of esters is 2. The summed E-state index contributed by atoms with van der Waals surface area (Å²) in [4.78, 5) is 52.0. The zero-order chi connectivity index (χ0) is 49.6. The Morgan fingerprint density at radius 3 is 1.25 bits per heavy atom. The summed E-state index contributed by atoms with van der Waals surface area (Å²) in [5, 5.41) is 123. The maximum Gasteiger partial charge on any atom is 0.317 e. The molecule has 2 aliphatic heterocycles. The Bertz CT molecular complexity index is 2850. The van der Waals surface area contributed by atoms with Gasteiger partial charge in [-0.1, -0.05) is 0 Å². The molecule has 10 atom stereocenters. The molecule has 0 radical (unpaired) electrons. The van der Waals surface area contributed by atoms with Gasteiger partial charge in [-0.05, 0) is 36.4 Å². The number of benzene rings is 4. The van der Waals surface area contributed by atoms with E-state index in [2.05, 4.69) is 0 Å². The molecule has 2 aromatic heterocycles. The summed E-state index contributed by atoms with van der Waals surface area (Å²) in [5.74, 6) is -6.41. The first-order chi connectivity index (χ1) is 32.8. The lowest BCUT2D eigenvalue weighted by Crippen LogP contribution is -2.60. The van der Waals surface area contributed by atoms with Crippen molar-refractivity contribution in [3.8, 4) is 68.6 Å². The fraction of sp³-hybridized carbons (Fsp3) is 0.289. The molecular formula is C45H40O24. The Kier molecular flexibility index (Phi) is 13.3. The standard InChI is InChI=1S/C45H40O24/c46-18-7-28-36(24(52)11-26(64-28)16-1-3-20(48)22(50)5-16)30(9-18)66-44-42(60)40(58)38(56)32(68-44)14-62-34(54)13-35(55)63-15-33-39(57)41(59)43(61)45(69-33)67-31-10-19(47)8-29-37(31)25(53)12-27(65-29)17-2-4-21(49)23(51)6-17/h1-12,32-33,38-51,56-61H,13-15H2.